The van der Waals surface area contributed by atoms with Crippen LogP contribution in [0.15, 0.2) is 24.5 Å². The summed E-state index contributed by atoms with van der Waals surface area (Å²) in [4.78, 5) is 3.85. The van der Waals surface area contributed by atoms with E-state index in [9.17, 15) is 0 Å². The molecule has 5 nitrogen and oxygen atoms in total. The van der Waals surface area contributed by atoms with Gasteiger partial charge in [-0.2, -0.15) is 8.42 Å². The fourth-order valence-electron chi connectivity index (χ4n) is 0.426. The zero-order valence-electron chi connectivity index (χ0n) is 6.38. The largest absolute Gasteiger partial charge is 0.394 e. The van der Waals surface area contributed by atoms with Crippen LogP contribution in [0.3, 0.4) is 0 Å². The molecule has 0 aliphatic heterocycles. The normalized spacial score (nSPS) is 9.92. The summed E-state index contributed by atoms with van der Waals surface area (Å²) in [7, 11) is -4.67. The second-order valence-corrected chi connectivity index (χ2v) is 2.87. The van der Waals surface area contributed by atoms with Crippen molar-refractivity contribution in [3.63, 3.8) is 0 Å². The molecule has 0 aliphatic carbocycles. The molecule has 0 atom stereocenters. The Morgan fingerprint density at radius 1 is 1.25 bits per heavy atom. The highest BCUT2D eigenvalue weighted by molar-refractivity contribution is 7.79. The molecule has 1 aromatic rings. The van der Waals surface area contributed by atoms with Crippen molar-refractivity contribution in [2.75, 3.05) is 0 Å². The third kappa shape index (κ3) is 11.8. The first kappa shape index (κ1) is 11.0. The van der Waals surface area contributed by atoms with E-state index in [4.69, 9.17) is 17.5 Å². The highest BCUT2D eigenvalue weighted by atomic mass is 32.3. The van der Waals surface area contributed by atoms with Crippen molar-refractivity contribution in [2.45, 2.75) is 6.92 Å². The van der Waals surface area contributed by atoms with Crippen molar-refractivity contribution in [2.24, 2.45) is 0 Å². The van der Waals surface area contributed by atoms with Gasteiger partial charge in [0.1, 0.15) is 0 Å². The number of pyridine rings is 1. The van der Waals surface area contributed by atoms with Crippen LogP contribution < -0.4 is 0 Å². The van der Waals surface area contributed by atoms with E-state index in [0.29, 0.717) is 0 Å². The molecule has 0 fully saturated rings. The number of aryl methyl sites for hydroxylation is 1. The molecule has 0 saturated heterocycles. The molecule has 1 aromatic heterocycles. The van der Waals surface area contributed by atoms with Crippen molar-refractivity contribution >= 4 is 10.4 Å². The molecule has 68 valence electrons. The van der Waals surface area contributed by atoms with Crippen LogP contribution in [0.4, 0.5) is 0 Å². The minimum Gasteiger partial charge on any atom is -0.265 e. The van der Waals surface area contributed by atoms with Gasteiger partial charge in [0.2, 0.25) is 0 Å². The van der Waals surface area contributed by atoms with Gasteiger partial charge in [-0.3, -0.25) is 14.1 Å². The molecule has 1 rings (SSSR count). The summed E-state index contributed by atoms with van der Waals surface area (Å²) >= 11 is 0. The van der Waals surface area contributed by atoms with E-state index in [1.54, 1.807) is 12.4 Å². The lowest BCUT2D eigenvalue weighted by atomic mass is 10.3. The van der Waals surface area contributed by atoms with Gasteiger partial charge in [-0.25, -0.2) is 0 Å². The van der Waals surface area contributed by atoms with Gasteiger partial charge in [-0.05, 0) is 24.6 Å². The first-order valence-electron chi connectivity index (χ1n) is 2.96. The molecule has 2 N–H and O–H groups in total. The number of hydrogen-bond acceptors (Lipinski definition) is 3. The quantitative estimate of drug-likeness (QED) is 0.590. The van der Waals surface area contributed by atoms with Crippen molar-refractivity contribution in [1.82, 2.24) is 4.98 Å². The van der Waals surface area contributed by atoms with Gasteiger partial charge in [0, 0.05) is 12.4 Å². The average molecular weight is 191 g/mol. The lowest BCUT2D eigenvalue weighted by Crippen LogP contribution is -1.89. The van der Waals surface area contributed by atoms with Crippen LogP contribution in [0.25, 0.3) is 0 Å². The standard InChI is InChI=1S/C6H7N.H2O4S/c1-6-2-4-7-5-3-6;1-5(2,3)4/h2-5H,1H3;(H2,1,2,3,4). The van der Waals surface area contributed by atoms with Gasteiger partial charge in [-0.1, -0.05) is 0 Å². The highest BCUT2D eigenvalue weighted by Crippen LogP contribution is 1.88. The zero-order chi connectivity index (χ0) is 9.61. The van der Waals surface area contributed by atoms with Crippen LogP contribution in [0.2, 0.25) is 0 Å². The molecule has 0 radical (unpaired) electrons. The molecule has 0 aliphatic rings. The third-order valence-electron chi connectivity index (χ3n) is 0.847. The minimum atomic E-state index is -4.67. The Hall–Kier alpha value is -0.980. The number of aromatic nitrogens is 1. The van der Waals surface area contributed by atoms with Gasteiger partial charge in [0.05, 0.1) is 0 Å². The van der Waals surface area contributed by atoms with Crippen LogP contribution >= 0.6 is 0 Å². The number of nitrogens with zero attached hydrogens (tertiary/aromatic N) is 1. The SMILES string of the molecule is Cc1ccncc1.O=S(=O)(O)O. The Morgan fingerprint density at radius 3 is 1.75 bits per heavy atom. The van der Waals surface area contributed by atoms with Gasteiger partial charge < -0.3 is 0 Å². The summed E-state index contributed by atoms with van der Waals surface area (Å²) in [5.74, 6) is 0. The molecule has 0 saturated carbocycles. The second kappa shape index (κ2) is 4.81. The Morgan fingerprint density at radius 2 is 1.58 bits per heavy atom. The zero-order valence-corrected chi connectivity index (χ0v) is 7.19. The van der Waals surface area contributed by atoms with Crippen LogP contribution in [0, 0.1) is 6.92 Å². The van der Waals surface area contributed by atoms with E-state index in [1.807, 2.05) is 19.1 Å². The smallest absolute Gasteiger partial charge is 0.265 e. The van der Waals surface area contributed by atoms with Gasteiger partial charge in [-0.15, -0.1) is 0 Å². The molecule has 0 aromatic carbocycles. The molecule has 0 amide bonds. The predicted molar refractivity (Wildman–Crippen MR) is 43.2 cm³/mol. The average Bonchev–Trinajstić information content (AvgIpc) is 1.85. The van der Waals surface area contributed by atoms with Crippen LogP contribution in [-0.4, -0.2) is 22.5 Å². The van der Waals surface area contributed by atoms with E-state index < -0.39 is 10.4 Å². The Labute approximate surface area is 70.7 Å². The van der Waals surface area contributed by atoms with Crippen LogP contribution in [-0.2, 0) is 10.4 Å². The summed E-state index contributed by atoms with van der Waals surface area (Å²) in [6.07, 6.45) is 3.57. The fraction of sp³-hybridized carbons (Fsp3) is 0.167. The summed E-state index contributed by atoms with van der Waals surface area (Å²) in [6.45, 7) is 2.04. The topological polar surface area (TPSA) is 87.5 Å². The number of rotatable bonds is 0. The molecule has 0 unspecified atom stereocenters. The maximum Gasteiger partial charge on any atom is 0.394 e. The van der Waals surface area contributed by atoms with E-state index in [-0.39, 0.29) is 0 Å². The van der Waals surface area contributed by atoms with Crippen LogP contribution in [0.5, 0.6) is 0 Å². The Balaban J connectivity index is 0.000000217. The van der Waals surface area contributed by atoms with Crippen LogP contribution in [0.1, 0.15) is 5.56 Å². The summed E-state index contributed by atoms with van der Waals surface area (Å²) in [5.41, 5.74) is 1.26. The Kier molecular flexibility index (Phi) is 4.42. The van der Waals surface area contributed by atoms with Crippen molar-refractivity contribution in [1.29, 1.82) is 0 Å². The maximum absolute atomic E-state index is 8.74. The molecule has 12 heavy (non-hydrogen) atoms. The summed E-state index contributed by atoms with van der Waals surface area (Å²) < 4.78 is 31.6. The molecule has 1 heterocycles. The first-order chi connectivity index (χ1) is 5.39. The van der Waals surface area contributed by atoms with E-state index in [0.717, 1.165) is 0 Å². The van der Waals surface area contributed by atoms with E-state index >= 15 is 0 Å². The van der Waals surface area contributed by atoms with Crippen molar-refractivity contribution in [3.8, 4) is 0 Å². The van der Waals surface area contributed by atoms with Gasteiger partial charge in [0.25, 0.3) is 0 Å². The molecule has 0 spiro atoms. The molecular formula is C6H9NO4S. The minimum absolute atomic E-state index is 1.26. The van der Waals surface area contributed by atoms with Gasteiger partial charge >= 0.3 is 10.4 Å². The molecule has 6 heteroatoms. The van der Waals surface area contributed by atoms with E-state index in [2.05, 4.69) is 4.98 Å². The second-order valence-electron chi connectivity index (χ2n) is 1.97. The highest BCUT2D eigenvalue weighted by Gasteiger charge is 1.84. The molecular weight excluding hydrogens is 182 g/mol. The van der Waals surface area contributed by atoms with Gasteiger partial charge in [0.15, 0.2) is 0 Å². The Bertz CT molecular complexity index is 300. The van der Waals surface area contributed by atoms with E-state index in [1.165, 1.54) is 5.56 Å². The van der Waals surface area contributed by atoms with Crippen molar-refractivity contribution in [3.05, 3.63) is 30.1 Å². The first-order valence-corrected chi connectivity index (χ1v) is 4.36. The lowest BCUT2D eigenvalue weighted by Gasteiger charge is -1.82. The predicted octanol–water partition coefficient (Wildman–Crippen LogP) is 0.737. The lowest BCUT2D eigenvalue weighted by molar-refractivity contribution is 0.381. The monoisotopic (exact) mass is 191 g/mol. The summed E-state index contributed by atoms with van der Waals surface area (Å²) in [6, 6.07) is 3.94. The molecule has 0 bridgehead atoms. The fourth-order valence-corrected chi connectivity index (χ4v) is 0.426. The summed E-state index contributed by atoms with van der Waals surface area (Å²) in [5, 5.41) is 0. The third-order valence-corrected chi connectivity index (χ3v) is 0.847. The maximum atomic E-state index is 8.74. The van der Waals surface area contributed by atoms with Crippen molar-refractivity contribution < 1.29 is 17.5 Å². The number of hydrogen-bond donors (Lipinski definition) is 2.